The fourth-order valence-corrected chi connectivity index (χ4v) is 3.00. The van der Waals surface area contributed by atoms with Crippen LogP contribution in [0.4, 0.5) is 5.69 Å². The summed E-state index contributed by atoms with van der Waals surface area (Å²) in [7, 11) is 0. The third-order valence-electron chi connectivity index (χ3n) is 4.49. The van der Waals surface area contributed by atoms with E-state index >= 15 is 0 Å². The Bertz CT molecular complexity index is 745. The van der Waals surface area contributed by atoms with Gasteiger partial charge in [-0.05, 0) is 24.1 Å². The van der Waals surface area contributed by atoms with Gasteiger partial charge in [0.25, 0.3) is 5.91 Å². The predicted octanol–water partition coefficient (Wildman–Crippen LogP) is 2.64. The molecule has 146 valence electrons. The highest BCUT2D eigenvalue weighted by Gasteiger charge is 2.21. The van der Waals surface area contributed by atoms with Crippen LogP contribution in [0.25, 0.3) is 0 Å². The average molecular weight is 372 g/mol. The van der Waals surface area contributed by atoms with Gasteiger partial charge < -0.3 is 20.1 Å². The lowest BCUT2D eigenvalue weighted by atomic mass is 10.1. The fourth-order valence-electron chi connectivity index (χ4n) is 3.00. The molecule has 7 heteroatoms. The molecule has 27 heavy (non-hydrogen) atoms. The second-order valence-electron chi connectivity index (χ2n) is 6.63. The molecule has 1 amide bonds. The maximum atomic E-state index is 12.6. The maximum absolute atomic E-state index is 12.6. The van der Waals surface area contributed by atoms with E-state index in [4.69, 9.17) is 9.47 Å². The molecule has 0 aliphatic carbocycles. The van der Waals surface area contributed by atoms with E-state index in [0.717, 1.165) is 54.9 Å². The van der Waals surface area contributed by atoms with E-state index in [2.05, 4.69) is 27.8 Å². The van der Waals surface area contributed by atoms with E-state index < -0.39 is 0 Å². The Morgan fingerprint density at radius 1 is 1.26 bits per heavy atom. The van der Waals surface area contributed by atoms with E-state index in [1.807, 2.05) is 24.3 Å². The number of carbonyl (C=O) groups is 1. The smallest absolute Gasteiger partial charge is 0.276 e. The van der Waals surface area contributed by atoms with Gasteiger partial charge in [0.2, 0.25) is 0 Å². The lowest BCUT2D eigenvalue weighted by Crippen LogP contribution is -2.25. The first-order chi connectivity index (χ1) is 13.3. The van der Waals surface area contributed by atoms with E-state index in [1.54, 1.807) is 0 Å². The highest BCUT2D eigenvalue weighted by molar-refractivity contribution is 6.04. The van der Waals surface area contributed by atoms with Crippen LogP contribution in [0.2, 0.25) is 0 Å². The van der Waals surface area contributed by atoms with Crippen LogP contribution in [-0.4, -0.2) is 42.5 Å². The summed E-state index contributed by atoms with van der Waals surface area (Å²) in [6, 6.07) is 7.68. The van der Waals surface area contributed by atoms with Gasteiger partial charge in [-0.15, -0.1) is 0 Å². The van der Waals surface area contributed by atoms with Crippen molar-refractivity contribution in [2.24, 2.45) is 0 Å². The molecule has 3 rings (SSSR count). The molecule has 2 aromatic rings. The van der Waals surface area contributed by atoms with Gasteiger partial charge in [-0.2, -0.15) is 5.10 Å². The van der Waals surface area contributed by atoms with E-state index in [-0.39, 0.29) is 5.91 Å². The summed E-state index contributed by atoms with van der Waals surface area (Å²) in [6.07, 6.45) is 3.08. The number of amides is 1. The Hall–Kier alpha value is -2.22. The molecular weight excluding hydrogens is 344 g/mol. The van der Waals surface area contributed by atoms with Crippen molar-refractivity contribution in [3.05, 3.63) is 46.8 Å². The normalized spacial score (nSPS) is 13.4. The number of hydrogen-bond acceptors (Lipinski definition) is 5. The second kappa shape index (κ2) is 10.2. The first-order valence-corrected chi connectivity index (χ1v) is 9.60. The van der Waals surface area contributed by atoms with Gasteiger partial charge in [0, 0.05) is 43.1 Å². The topological polar surface area (TPSA) is 88.3 Å². The molecule has 0 saturated heterocycles. The highest BCUT2D eigenvalue weighted by atomic mass is 16.5. The van der Waals surface area contributed by atoms with Crippen LogP contribution in [0.15, 0.2) is 24.3 Å². The van der Waals surface area contributed by atoms with Crippen molar-refractivity contribution in [2.75, 3.05) is 31.7 Å². The van der Waals surface area contributed by atoms with Crippen molar-refractivity contribution in [1.82, 2.24) is 15.5 Å². The zero-order chi connectivity index (χ0) is 18.9. The highest BCUT2D eigenvalue weighted by Crippen LogP contribution is 2.18. The number of aromatic nitrogens is 2. The van der Waals surface area contributed by atoms with Crippen LogP contribution in [0, 0.1) is 0 Å². The van der Waals surface area contributed by atoms with Crippen LogP contribution in [0.3, 0.4) is 0 Å². The minimum Gasteiger partial charge on any atom is -0.379 e. The van der Waals surface area contributed by atoms with E-state index in [1.165, 1.54) is 0 Å². The largest absolute Gasteiger partial charge is 0.379 e. The van der Waals surface area contributed by atoms with E-state index in [0.29, 0.717) is 32.1 Å². The Morgan fingerprint density at radius 3 is 3.04 bits per heavy atom. The molecule has 1 aliphatic rings. The summed E-state index contributed by atoms with van der Waals surface area (Å²) in [5.74, 6) is -0.196. The molecule has 3 N–H and O–H groups in total. The number of anilines is 1. The molecule has 1 aromatic heterocycles. The number of fused-ring (bicyclic) bond motifs is 1. The lowest BCUT2D eigenvalue weighted by molar-refractivity contribution is 0.0397. The molecule has 0 radical (unpaired) electrons. The number of nitrogens with zero attached hydrogens (tertiary/aromatic N) is 1. The maximum Gasteiger partial charge on any atom is 0.276 e. The first kappa shape index (κ1) is 19.5. The molecule has 0 unspecified atom stereocenters. The number of benzene rings is 1. The van der Waals surface area contributed by atoms with Gasteiger partial charge in [0.1, 0.15) is 0 Å². The number of ether oxygens (including phenoxy) is 2. The number of unbranched alkanes of at least 4 members (excludes halogenated alkanes) is 1. The Kier molecular flexibility index (Phi) is 7.38. The molecule has 0 bridgehead atoms. The number of carbonyl (C=O) groups excluding carboxylic acids is 1. The number of rotatable bonds is 10. The van der Waals surface area contributed by atoms with E-state index in [9.17, 15) is 4.79 Å². The van der Waals surface area contributed by atoms with Crippen molar-refractivity contribution in [3.8, 4) is 0 Å². The standard InChI is InChI=1S/C20H28N4O3/c1-2-3-9-26-10-11-27-14-15-5-4-6-16(12-15)22-20(25)19-17-13-21-8-7-18(17)23-24-19/h4-6,12,21H,2-3,7-11,13-14H2,1H3,(H,22,25)(H,23,24). The Balaban J connectivity index is 1.49. The van der Waals surface area contributed by atoms with Crippen molar-refractivity contribution in [1.29, 1.82) is 0 Å². The van der Waals surface area contributed by atoms with Crippen molar-refractivity contribution in [2.45, 2.75) is 39.3 Å². The van der Waals surface area contributed by atoms with Gasteiger partial charge >= 0.3 is 0 Å². The van der Waals surface area contributed by atoms with Crippen LogP contribution >= 0.6 is 0 Å². The summed E-state index contributed by atoms with van der Waals surface area (Å²) in [6.45, 7) is 6.16. The van der Waals surface area contributed by atoms with Crippen LogP contribution < -0.4 is 10.6 Å². The van der Waals surface area contributed by atoms with Crippen molar-refractivity contribution >= 4 is 11.6 Å². The molecule has 1 aliphatic heterocycles. The summed E-state index contributed by atoms with van der Waals surface area (Å²) < 4.78 is 11.1. The molecule has 0 atom stereocenters. The lowest BCUT2D eigenvalue weighted by Gasteiger charge is -2.13. The predicted molar refractivity (Wildman–Crippen MR) is 104 cm³/mol. The molecule has 0 spiro atoms. The van der Waals surface area contributed by atoms with Gasteiger partial charge in [-0.3, -0.25) is 9.89 Å². The number of aromatic amines is 1. The molecular formula is C20H28N4O3. The SMILES string of the molecule is CCCCOCCOCc1cccc(NC(=O)c2n[nH]c3c2CNCC3)c1. The third kappa shape index (κ3) is 5.63. The van der Waals surface area contributed by atoms with Crippen LogP contribution in [0.5, 0.6) is 0 Å². The van der Waals surface area contributed by atoms with Crippen molar-refractivity contribution in [3.63, 3.8) is 0 Å². The quantitative estimate of drug-likeness (QED) is 0.558. The fraction of sp³-hybridized carbons (Fsp3) is 0.500. The average Bonchev–Trinajstić information content (AvgIpc) is 3.12. The van der Waals surface area contributed by atoms with Crippen LogP contribution in [0.1, 0.15) is 47.1 Å². The zero-order valence-corrected chi connectivity index (χ0v) is 15.8. The van der Waals surface area contributed by atoms with Crippen molar-refractivity contribution < 1.29 is 14.3 Å². The number of nitrogens with one attached hydrogen (secondary N) is 3. The molecule has 1 aromatic carbocycles. The number of H-pyrrole nitrogens is 1. The number of hydrogen-bond donors (Lipinski definition) is 3. The Labute approximate surface area is 159 Å². The van der Waals surface area contributed by atoms with Gasteiger partial charge in [0.05, 0.1) is 19.8 Å². The zero-order valence-electron chi connectivity index (χ0n) is 15.8. The summed E-state index contributed by atoms with van der Waals surface area (Å²) in [5, 5.41) is 13.4. The van der Waals surface area contributed by atoms with Gasteiger partial charge in [0.15, 0.2) is 5.69 Å². The minimum absolute atomic E-state index is 0.196. The molecule has 0 fully saturated rings. The monoisotopic (exact) mass is 372 g/mol. The molecule has 7 nitrogen and oxygen atoms in total. The third-order valence-corrected chi connectivity index (χ3v) is 4.49. The summed E-state index contributed by atoms with van der Waals surface area (Å²) >= 11 is 0. The van der Waals surface area contributed by atoms with Crippen LogP contribution in [-0.2, 0) is 29.0 Å². The van der Waals surface area contributed by atoms with Gasteiger partial charge in [-0.1, -0.05) is 25.5 Å². The molecule has 2 heterocycles. The second-order valence-corrected chi connectivity index (χ2v) is 6.63. The minimum atomic E-state index is -0.196. The Morgan fingerprint density at radius 2 is 2.15 bits per heavy atom. The summed E-state index contributed by atoms with van der Waals surface area (Å²) in [4.78, 5) is 12.6. The summed E-state index contributed by atoms with van der Waals surface area (Å²) in [5.41, 5.74) is 4.21. The first-order valence-electron chi connectivity index (χ1n) is 9.60. The van der Waals surface area contributed by atoms with Gasteiger partial charge in [-0.25, -0.2) is 0 Å². The molecule has 0 saturated carbocycles.